The van der Waals surface area contributed by atoms with E-state index < -0.39 is 6.04 Å². The number of aryl methyl sites for hydroxylation is 1. The summed E-state index contributed by atoms with van der Waals surface area (Å²) in [5, 5.41) is 5.72. The van der Waals surface area contributed by atoms with Gasteiger partial charge in [-0.2, -0.15) is 0 Å². The Morgan fingerprint density at radius 2 is 1.59 bits per heavy atom. The number of hydrogen-bond donors (Lipinski definition) is 2. The summed E-state index contributed by atoms with van der Waals surface area (Å²) in [5.74, 6) is 0.149. The molecule has 0 aromatic heterocycles. The number of benzene rings is 2. The molecular formula is C22H28N2O3. The van der Waals surface area contributed by atoms with E-state index in [4.69, 9.17) is 4.74 Å². The van der Waals surface area contributed by atoms with Crippen LogP contribution in [0.2, 0.25) is 0 Å². The van der Waals surface area contributed by atoms with Crippen LogP contribution in [-0.4, -0.2) is 24.5 Å². The number of carbonyl (C=O) groups excluding carboxylic acids is 2. The van der Waals surface area contributed by atoms with Gasteiger partial charge in [0.1, 0.15) is 11.8 Å². The fourth-order valence-electron chi connectivity index (χ4n) is 2.67. The monoisotopic (exact) mass is 368 g/mol. The van der Waals surface area contributed by atoms with Crippen molar-refractivity contribution >= 4 is 17.5 Å². The van der Waals surface area contributed by atoms with Crippen molar-refractivity contribution < 1.29 is 14.3 Å². The second kappa shape index (κ2) is 9.76. The molecule has 2 aromatic carbocycles. The average molecular weight is 368 g/mol. The maximum atomic E-state index is 12.7. The lowest BCUT2D eigenvalue weighted by molar-refractivity contribution is -0.118. The second-order valence-electron chi connectivity index (χ2n) is 6.69. The van der Waals surface area contributed by atoms with E-state index >= 15 is 0 Å². The Morgan fingerprint density at radius 1 is 0.963 bits per heavy atom. The molecule has 0 spiro atoms. The second-order valence-corrected chi connectivity index (χ2v) is 6.69. The van der Waals surface area contributed by atoms with Gasteiger partial charge in [0.2, 0.25) is 5.91 Å². The molecule has 0 aliphatic carbocycles. The van der Waals surface area contributed by atoms with E-state index in [1.165, 1.54) is 5.56 Å². The van der Waals surface area contributed by atoms with Gasteiger partial charge in [0.15, 0.2) is 0 Å². The fraction of sp³-hybridized carbons (Fsp3) is 0.364. The highest BCUT2D eigenvalue weighted by Gasteiger charge is 2.24. The molecule has 0 radical (unpaired) electrons. The van der Waals surface area contributed by atoms with Gasteiger partial charge in [-0.25, -0.2) is 0 Å². The first kappa shape index (κ1) is 20.5. The average Bonchev–Trinajstić information content (AvgIpc) is 2.67. The predicted molar refractivity (Wildman–Crippen MR) is 108 cm³/mol. The Morgan fingerprint density at radius 3 is 2.11 bits per heavy atom. The summed E-state index contributed by atoms with van der Waals surface area (Å²) < 4.78 is 5.39. The van der Waals surface area contributed by atoms with Gasteiger partial charge in [0.05, 0.1) is 6.61 Å². The van der Waals surface area contributed by atoms with Gasteiger partial charge in [0.25, 0.3) is 5.91 Å². The van der Waals surface area contributed by atoms with Crippen molar-refractivity contribution in [3.8, 4) is 5.75 Å². The highest BCUT2D eigenvalue weighted by atomic mass is 16.5. The minimum absolute atomic E-state index is 0.0495. The van der Waals surface area contributed by atoms with Crippen LogP contribution in [0.25, 0.3) is 0 Å². The molecule has 1 atom stereocenters. The molecule has 0 aliphatic rings. The third kappa shape index (κ3) is 5.84. The van der Waals surface area contributed by atoms with Gasteiger partial charge in [-0.15, -0.1) is 0 Å². The SMILES string of the molecule is CCOc1ccc(C(=O)NC(C(=O)Nc2ccc(CC)cc2)C(C)C)cc1. The Kier molecular flexibility index (Phi) is 7.41. The normalized spacial score (nSPS) is 11.7. The first-order valence-corrected chi connectivity index (χ1v) is 9.38. The highest BCUT2D eigenvalue weighted by Crippen LogP contribution is 2.14. The van der Waals surface area contributed by atoms with Crippen LogP contribution >= 0.6 is 0 Å². The number of carbonyl (C=O) groups is 2. The number of rotatable bonds is 8. The number of anilines is 1. The van der Waals surface area contributed by atoms with Gasteiger partial charge in [-0.3, -0.25) is 9.59 Å². The molecule has 27 heavy (non-hydrogen) atoms. The maximum Gasteiger partial charge on any atom is 0.251 e. The Labute approximate surface area is 161 Å². The first-order valence-electron chi connectivity index (χ1n) is 9.38. The molecular weight excluding hydrogens is 340 g/mol. The quantitative estimate of drug-likeness (QED) is 0.739. The predicted octanol–water partition coefficient (Wildman–Crippen LogP) is 4.04. The van der Waals surface area contributed by atoms with E-state index in [1.54, 1.807) is 24.3 Å². The van der Waals surface area contributed by atoms with Crippen molar-refractivity contribution in [2.45, 2.75) is 40.2 Å². The standard InChI is InChI=1S/C22H28N2O3/c1-5-16-7-11-18(12-8-16)23-22(26)20(15(3)4)24-21(25)17-9-13-19(14-10-17)27-6-2/h7-15,20H,5-6H2,1-4H3,(H,23,26)(H,24,25). The van der Waals surface area contributed by atoms with E-state index in [-0.39, 0.29) is 17.7 Å². The fourth-order valence-corrected chi connectivity index (χ4v) is 2.67. The number of amides is 2. The number of hydrogen-bond acceptors (Lipinski definition) is 3. The lowest BCUT2D eigenvalue weighted by Gasteiger charge is -2.22. The maximum absolute atomic E-state index is 12.7. The Hall–Kier alpha value is -2.82. The van der Waals surface area contributed by atoms with E-state index in [0.717, 1.165) is 12.1 Å². The van der Waals surface area contributed by atoms with Crippen LogP contribution in [0, 0.1) is 5.92 Å². The van der Waals surface area contributed by atoms with E-state index in [0.29, 0.717) is 17.9 Å². The van der Waals surface area contributed by atoms with Gasteiger partial charge in [-0.1, -0.05) is 32.9 Å². The summed E-state index contributed by atoms with van der Waals surface area (Å²) in [6.45, 7) is 8.37. The van der Waals surface area contributed by atoms with Crippen molar-refractivity contribution in [3.63, 3.8) is 0 Å². The van der Waals surface area contributed by atoms with Crippen LogP contribution < -0.4 is 15.4 Å². The summed E-state index contributed by atoms with van der Waals surface area (Å²) in [6.07, 6.45) is 0.945. The summed E-state index contributed by atoms with van der Waals surface area (Å²) in [7, 11) is 0. The zero-order chi connectivity index (χ0) is 19.8. The van der Waals surface area contributed by atoms with Crippen LogP contribution in [0.3, 0.4) is 0 Å². The minimum Gasteiger partial charge on any atom is -0.494 e. The molecule has 2 N–H and O–H groups in total. The minimum atomic E-state index is -0.630. The third-order valence-electron chi connectivity index (χ3n) is 4.29. The lowest BCUT2D eigenvalue weighted by atomic mass is 10.0. The van der Waals surface area contributed by atoms with Crippen molar-refractivity contribution in [3.05, 3.63) is 59.7 Å². The summed E-state index contributed by atoms with van der Waals surface area (Å²) in [5.41, 5.74) is 2.42. The zero-order valence-corrected chi connectivity index (χ0v) is 16.4. The van der Waals surface area contributed by atoms with Crippen LogP contribution in [0.1, 0.15) is 43.6 Å². The molecule has 0 aliphatic heterocycles. The van der Waals surface area contributed by atoms with Gasteiger partial charge >= 0.3 is 0 Å². The zero-order valence-electron chi connectivity index (χ0n) is 16.4. The first-order chi connectivity index (χ1) is 12.9. The van der Waals surface area contributed by atoms with Crippen molar-refractivity contribution in [1.82, 2.24) is 5.32 Å². The van der Waals surface area contributed by atoms with Crippen LogP contribution in [0.5, 0.6) is 5.75 Å². The molecule has 5 heteroatoms. The molecule has 2 amide bonds. The largest absolute Gasteiger partial charge is 0.494 e. The van der Waals surface area contributed by atoms with Crippen LogP contribution in [0.4, 0.5) is 5.69 Å². The molecule has 0 fully saturated rings. The van der Waals surface area contributed by atoms with Crippen LogP contribution in [0.15, 0.2) is 48.5 Å². The highest BCUT2D eigenvalue weighted by molar-refractivity contribution is 6.01. The number of nitrogens with one attached hydrogen (secondary N) is 2. The van der Waals surface area contributed by atoms with Gasteiger partial charge in [0, 0.05) is 11.3 Å². The molecule has 1 unspecified atom stereocenters. The smallest absolute Gasteiger partial charge is 0.251 e. The third-order valence-corrected chi connectivity index (χ3v) is 4.29. The Bertz CT molecular complexity index is 752. The van der Waals surface area contributed by atoms with E-state index in [9.17, 15) is 9.59 Å². The molecule has 0 saturated heterocycles. The van der Waals surface area contributed by atoms with Crippen molar-refractivity contribution in [2.75, 3.05) is 11.9 Å². The Balaban J connectivity index is 2.04. The summed E-state index contributed by atoms with van der Waals surface area (Å²) in [4.78, 5) is 25.2. The van der Waals surface area contributed by atoms with Crippen molar-refractivity contribution in [2.24, 2.45) is 5.92 Å². The molecule has 0 bridgehead atoms. The van der Waals surface area contributed by atoms with Gasteiger partial charge in [-0.05, 0) is 61.2 Å². The molecule has 5 nitrogen and oxygen atoms in total. The molecule has 0 saturated carbocycles. The van der Waals surface area contributed by atoms with Gasteiger partial charge < -0.3 is 15.4 Å². The van der Waals surface area contributed by atoms with E-state index in [2.05, 4.69) is 17.6 Å². The molecule has 144 valence electrons. The molecule has 2 rings (SSSR count). The molecule has 0 heterocycles. The van der Waals surface area contributed by atoms with Crippen LogP contribution in [-0.2, 0) is 11.2 Å². The van der Waals surface area contributed by atoms with E-state index in [1.807, 2.05) is 45.0 Å². The topological polar surface area (TPSA) is 67.4 Å². The summed E-state index contributed by atoms with van der Waals surface area (Å²) in [6, 6.07) is 14.0. The summed E-state index contributed by atoms with van der Waals surface area (Å²) >= 11 is 0. The number of ether oxygens (including phenoxy) is 1. The molecule has 2 aromatic rings. The van der Waals surface area contributed by atoms with Crippen molar-refractivity contribution in [1.29, 1.82) is 0 Å². The lowest BCUT2D eigenvalue weighted by Crippen LogP contribution is -2.47.